The van der Waals surface area contributed by atoms with Crippen LogP contribution in [0.2, 0.25) is 0 Å². The summed E-state index contributed by atoms with van der Waals surface area (Å²) in [5.74, 6) is -0.132. The summed E-state index contributed by atoms with van der Waals surface area (Å²) in [4.78, 5) is 0. The predicted molar refractivity (Wildman–Crippen MR) is 58.1 cm³/mol. The smallest absolute Gasteiger partial charge is 0.264 e. The molecule has 0 unspecified atom stereocenters. The fraction of sp³-hybridized carbons (Fsp3) is 0.750. The van der Waals surface area contributed by atoms with E-state index >= 15 is 0 Å². The van der Waals surface area contributed by atoms with Crippen molar-refractivity contribution in [3.8, 4) is 0 Å². The van der Waals surface area contributed by atoms with E-state index in [1.807, 2.05) is 0 Å². The second kappa shape index (κ2) is 9.04. The second-order valence-corrected chi connectivity index (χ2v) is 3.73. The summed E-state index contributed by atoms with van der Waals surface area (Å²) in [6, 6.07) is 0. The number of rotatable bonds is 2. The van der Waals surface area contributed by atoms with Gasteiger partial charge >= 0.3 is 0 Å². The lowest BCUT2D eigenvalue weighted by Crippen LogP contribution is -2.18. The van der Waals surface area contributed by atoms with Crippen molar-refractivity contribution in [1.82, 2.24) is 0 Å². The normalized spacial score (nSPS) is 8.83. The molecular weight excluding hydrogens is 220 g/mol. The first-order chi connectivity index (χ1) is 4.79. The third kappa shape index (κ3) is 51.1. The van der Waals surface area contributed by atoms with Gasteiger partial charge in [-0.1, -0.05) is 6.92 Å². The van der Waals surface area contributed by atoms with Crippen LogP contribution in [0.15, 0.2) is 0 Å². The van der Waals surface area contributed by atoms with Gasteiger partial charge in [0.15, 0.2) is 5.11 Å². The molecule has 0 saturated heterocycles. The first-order valence-electron chi connectivity index (χ1n) is 2.79. The topological polar surface area (TPSA) is 106 Å². The van der Waals surface area contributed by atoms with Crippen LogP contribution in [0.4, 0.5) is 0 Å². The molecule has 0 aliphatic heterocycles. The molecule has 12 heavy (non-hydrogen) atoms. The van der Waals surface area contributed by atoms with Crippen LogP contribution >= 0.6 is 25.7 Å². The highest BCUT2D eigenvalue weighted by molar-refractivity contribution is 7.85. The summed E-state index contributed by atoms with van der Waals surface area (Å²) in [5, 5.41) is 0.000000000000000222. The number of hydrogen-bond donors (Lipinski definition) is 3. The number of hydrogen-bond acceptors (Lipinski definition) is 3. The van der Waals surface area contributed by atoms with Gasteiger partial charge in [0.25, 0.3) is 10.1 Å². The molecule has 5 N–H and O–H groups in total. The Morgan fingerprint density at radius 2 is 1.75 bits per heavy atom. The molecule has 0 bridgehead atoms. The summed E-state index contributed by atoms with van der Waals surface area (Å²) < 4.78 is 27.6. The lowest BCUT2D eigenvalue weighted by Gasteiger charge is -1.85. The molecular formula is C4H14N2O3S3. The quantitative estimate of drug-likeness (QED) is 0.443. The molecule has 0 atom stereocenters. The molecule has 0 heterocycles. The Labute approximate surface area is 84.7 Å². The van der Waals surface area contributed by atoms with Crippen LogP contribution in [0, 0.1) is 0 Å². The molecule has 0 aromatic carbocycles. The number of thiocarbonyl (C=S) groups is 1. The van der Waals surface area contributed by atoms with Gasteiger partial charge < -0.3 is 11.5 Å². The zero-order valence-electron chi connectivity index (χ0n) is 6.65. The van der Waals surface area contributed by atoms with Crippen molar-refractivity contribution in [2.24, 2.45) is 11.5 Å². The van der Waals surface area contributed by atoms with Gasteiger partial charge in [-0.25, -0.2) is 0 Å². The third-order valence-corrected chi connectivity index (χ3v) is 1.39. The molecule has 5 nitrogen and oxygen atoms in total. The third-order valence-electron chi connectivity index (χ3n) is 0.462. The van der Waals surface area contributed by atoms with E-state index in [9.17, 15) is 8.42 Å². The van der Waals surface area contributed by atoms with E-state index in [1.165, 1.54) is 0 Å². The van der Waals surface area contributed by atoms with Crippen LogP contribution in [0.1, 0.15) is 13.3 Å². The Bertz CT molecular complexity index is 198. The zero-order valence-corrected chi connectivity index (χ0v) is 9.28. The van der Waals surface area contributed by atoms with Gasteiger partial charge in [0.1, 0.15) is 0 Å². The van der Waals surface area contributed by atoms with E-state index in [2.05, 4.69) is 23.7 Å². The molecule has 0 aliphatic rings. The van der Waals surface area contributed by atoms with Crippen molar-refractivity contribution >= 4 is 40.9 Å². The minimum atomic E-state index is -3.67. The van der Waals surface area contributed by atoms with Crippen LogP contribution in [0.25, 0.3) is 0 Å². The van der Waals surface area contributed by atoms with Crippen LogP contribution in [-0.2, 0) is 10.1 Å². The molecule has 0 rings (SSSR count). The minimum Gasteiger partial charge on any atom is -0.377 e. The standard InChI is InChI=1S/C3H8O3S.CH4N2S.H2S/c1-2-3-7(4,5)6;2-1(3)4;/h2-3H2,1H3,(H,4,5,6);(H4,2,3,4);1H2. The van der Waals surface area contributed by atoms with Crippen molar-refractivity contribution in [1.29, 1.82) is 0 Å². The largest absolute Gasteiger partial charge is 0.377 e. The maximum Gasteiger partial charge on any atom is 0.264 e. The monoisotopic (exact) mass is 234 g/mol. The van der Waals surface area contributed by atoms with E-state index in [0.717, 1.165) is 0 Å². The van der Waals surface area contributed by atoms with Crippen molar-refractivity contribution in [2.45, 2.75) is 13.3 Å². The van der Waals surface area contributed by atoms with E-state index < -0.39 is 10.1 Å². The van der Waals surface area contributed by atoms with Crippen LogP contribution in [0.5, 0.6) is 0 Å². The molecule has 0 saturated carbocycles. The van der Waals surface area contributed by atoms with E-state index in [0.29, 0.717) is 6.42 Å². The predicted octanol–water partition coefficient (Wildman–Crippen LogP) is -0.414. The van der Waals surface area contributed by atoms with Crippen LogP contribution < -0.4 is 11.5 Å². The summed E-state index contributed by atoms with van der Waals surface area (Å²) in [7, 11) is -3.67. The van der Waals surface area contributed by atoms with Crippen molar-refractivity contribution in [3.63, 3.8) is 0 Å². The summed E-state index contributed by atoms with van der Waals surface area (Å²) in [6.07, 6.45) is 0.471. The first-order valence-corrected chi connectivity index (χ1v) is 4.81. The second-order valence-electron chi connectivity index (χ2n) is 1.69. The molecule has 76 valence electrons. The molecule has 8 heteroatoms. The van der Waals surface area contributed by atoms with E-state index in [4.69, 9.17) is 4.55 Å². The van der Waals surface area contributed by atoms with Gasteiger partial charge in [-0.05, 0) is 18.6 Å². The highest BCUT2D eigenvalue weighted by Gasteiger charge is 1.98. The van der Waals surface area contributed by atoms with E-state index in [-0.39, 0.29) is 24.4 Å². The first kappa shape index (κ1) is 17.9. The maximum atomic E-state index is 9.79. The average molecular weight is 234 g/mol. The number of nitrogens with two attached hydrogens (primary N) is 2. The lowest BCUT2D eigenvalue weighted by molar-refractivity contribution is 0.482. The SMILES string of the molecule is CCCS(=O)(=O)O.NC(N)=S.S. The van der Waals surface area contributed by atoms with Crippen molar-refractivity contribution in [2.75, 3.05) is 5.75 Å². The lowest BCUT2D eigenvalue weighted by atomic mass is 10.6. The van der Waals surface area contributed by atoms with E-state index in [1.54, 1.807) is 6.92 Å². The Kier molecular flexibility index (Phi) is 13.5. The fourth-order valence-corrected chi connectivity index (χ4v) is 0.774. The van der Waals surface area contributed by atoms with Gasteiger partial charge in [-0.15, -0.1) is 0 Å². The molecule has 0 aliphatic carbocycles. The summed E-state index contributed by atoms with van der Waals surface area (Å²) >= 11 is 4.09. The molecule has 0 aromatic heterocycles. The molecule has 0 aromatic rings. The van der Waals surface area contributed by atoms with Gasteiger partial charge in [-0.2, -0.15) is 21.9 Å². The molecule has 0 spiro atoms. The average Bonchev–Trinajstić information content (AvgIpc) is 1.58. The van der Waals surface area contributed by atoms with Crippen molar-refractivity contribution in [3.05, 3.63) is 0 Å². The van der Waals surface area contributed by atoms with Gasteiger partial charge in [0.2, 0.25) is 0 Å². The maximum absolute atomic E-state index is 9.79. The zero-order chi connectivity index (χ0) is 9.49. The summed E-state index contributed by atoms with van der Waals surface area (Å²) in [6.45, 7) is 1.69. The van der Waals surface area contributed by atoms with Gasteiger partial charge in [0, 0.05) is 0 Å². The van der Waals surface area contributed by atoms with Gasteiger partial charge in [-0.3, -0.25) is 4.55 Å². The Balaban J connectivity index is -0.000000142. The molecule has 0 fully saturated rings. The van der Waals surface area contributed by atoms with Crippen molar-refractivity contribution < 1.29 is 13.0 Å². The Morgan fingerprint density at radius 3 is 1.75 bits per heavy atom. The highest BCUT2D eigenvalue weighted by atomic mass is 32.2. The molecule has 0 amide bonds. The Morgan fingerprint density at radius 1 is 1.50 bits per heavy atom. The Hall–Kier alpha value is -0.0500. The highest BCUT2D eigenvalue weighted by Crippen LogP contribution is 1.83. The van der Waals surface area contributed by atoms with Gasteiger partial charge in [0.05, 0.1) is 5.75 Å². The fourth-order valence-electron chi connectivity index (χ4n) is 0.258. The summed E-state index contributed by atoms with van der Waals surface area (Å²) in [5.41, 5.74) is 9.24. The van der Waals surface area contributed by atoms with Crippen LogP contribution in [0.3, 0.4) is 0 Å². The van der Waals surface area contributed by atoms with Crippen LogP contribution in [-0.4, -0.2) is 23.8 Å². The molecule has 0 radical (unpaired) electrons. The minimum absolute atomic E-state index is 0.